The monoisotopic (exact) mass is 311 g/mol. The van der Waals surface area contributed by atoms with Gasteiger partial charge in [-0.15, -0.1) is 0 Å². The molecule has 0 bridgehead atoms. The summed E-state index contributed by atoms with van der Waals surface area (Å²) in [5.41, 5.74) is 3.12. The van der Waals surface area contributed by atoms with Gasteiger partial charge in [0.15, 0.2) is 0 Å². The number of fused-ring (bicyclic) bond motifs is 1. The maximum Gasteiger partial charge on any atom is 0.244 e. The molecule has 0 aliphatic rings. The average Bonchev–Trinajstić information content (AvgIpc) is 2.89. The van der Waals surface area contributed by atoms with Crippen molar-refractivity contribution in [1.29, 1.82) is 0 Å². The number of hydrogen-bond acceptors (Lipinski definition) is 2. The van der Waals surface area contributed by atoms with Crippen LogP contribution in [0, 0.1) is 12.7 Å². The van der Waals surface area contributed by atoms with Crippen molar-refractivity contribution in [2.75, 3.05) is 5.32 Å². The average molecular weight is 311 g/mol. The minimum atomic E-state index is -0.367. The maximum atomic E-state index is 13.3. The number of aryl methyl sites for hydroxylation is 2. The molecule has 0 fully saturated rings. The van der Waals surface area contributed by atoms with Crippen LogP contribution in [0.4, 0.5) is 10.1 Å². The van der Waals surface area contributed by atoms with Crippen LogP contribution in [0.5, 0.6) is 0 Å². The molecule has 2 aromatic carbocycles. The molecule has 0 saturated carbocycles. The minimum absolute atomic E-state index is 0.152. The molecule has 0 aliphatic heterocycles. The van der Waals surface area contributed by atoms with E-state index in [0.29, 0.717) is 5.69 Å². The second kappa shape index (κ2) is 6.20. The Morgan fingerprint density at radius 3 is 2.83 bits per heavy atom. The van der Waals surface area contributed by atoms with Crippen LogP contribution in [0.1, 0.15) is 18.3 Å². The number of hydrogen-bond donors (Lipinski definition) is 1. The predicted molar refractivity (Wildman–Crippen MR) is 88.9 cm³/mol. The minimum Gasteiger partial charge on any atom is -0.324 e. The third-order valence-electron chi connectivity index (χ3n) is 3.83. The first-order valence-corrected chi connectivity index (χ1v) is 7.58. The van der Waals surface area contributed by atoms with Gasteiger partial charge in [-0.25, -0.2) is 9.37 Å². The van der Waals surface area contributed by atoms with E-state index in [4.69, 9.17) is 0 Å². The zero-order valence-corrected chi connectivity index (χ0v) is 13.1. The molecule has 4 nitrogen and oxygen atoms in total. The number of para-hydroxylation sites is 2. The summed E-state index contributed by atoms with van der Waals surface area (Å²) in [6.07, 6.45) is 0.737. The molecule has 0 saturated heterocycles. The lowest BCUT2D eigenvalue weighted by Gasteiger charge is -2.11. The Balaban J connectivity index is 1.87. The molecule has 1 amide bonds. The summed E-state index contributed by atoms with van der Waals surface area (Å²) in [7, 11) is 0. The molecular formula is C18H18FN3O. The van der Waals surface area contributed by atoms with Crippen LogP contribution in [0.25, 0.3) is 11.0 Å². The van der Waals surface area contributed by atoms with Crippen molar-refractivity contribution in [3.8, 4) is 0 Å². The Labute approximate surface area is 134 Å². The molecule has 23 heavy (non-hydrogen) atoms. The number of rotatable bonds is 4. The number of benzene rings is 2. The molecule has 0 atom stereocenters. The first-order chi connectivity index (χ1) is 11.1. The number of carbonyl (C=O) groups is 1. The molecule has 0 spiro atoms. The Hall–Kier alpha value is -2.69. The fourth-order valence-electron chi connectivity index (χ4n) is 2.63. The molecule has 3 rings (SSSR count). The molecular weight excluding hydrogens is 293 g/mol. The number of imidazole rings is 1. The Bertz CT molecular complexity index is 870. The summed E-state index contributed by atoms with van der Waals surface area (Å²) in [4.78, 5) is 16.9. The number of nitrogens with one attached hydrogen (secondary N) is 1. The predicted octanol–water partition coefficient (Wildman–Crippen LogP) is 3.68. The third-order valence-corrected chi connectivity index (χ3v) is 3.83. The van der Waals surface area contributed by atoms with Gasteiger partial charge >= 0.3 is 0 Å². The van der Waals surface area contributed by atoms with Crippen molar-refractivity contribution in [2.45, 2.75) is 26.8 Å². The van der Waals surface area contributed by atoms with Crippen LogP contribution in [0.15, 0.2) is 42.5 Å². The van der Waals surface area contributed by atoms with E-state index in [1.807, 2.05) is 42.7 Å². The van der Waals surface area contributed by atoms with Gasteiger partial charge in [-0.05, 0) is 36.8 Å². The van der Waals surface area contributed by atoms with Crippen LogP contribution >= 0.6 is 0 Å². The molecule has 118 valence electrons. The van der Waals surface area contributed by atoms with Crippen molar-refractivity contribution in [3.05, 3.63) is 59.7 Å². The van der Waals surface area contributed by atoms with Gasteiger partial charge in [-0.1, -0.05) is 25.1 Å². The SMILES string of the molecule is CCc1nc2ccccc2n1CC(=O)Nc1cc(F)ccc1C. The van der Waals surface area contributed by atoms with Gasteiger partial charge in [0.2, 0.25) is 5.91 Å². The summed E-state index contributed by atoms with van der Waals surface area (Å²) >= 11 is 0. The van der Waals surface area contributed by atoms with Crippen LogP contribution < -0.4 is 5.32 Å². The summed E-state index contributed by atoms with van der Waals surface area (Å²) < 4.78 is 15.2. The standard InChI is InChI=1S/C18H18FN3O/c1-3-17-20-14-6-4-5-7-16(14)22(17)11-18(23)21-15-10-13(19)9-8-12(15)2/h4-10H,3,11H2,1-2H3,(H,21,23). The van der Waals surface area contributed by atoms with Gasteiger partial charge in [0.1, 0.15) is 18.2 Å². The number of nitrogens with zero attached hydrogens (tertiary/aromatic N) is 2. The van der Waals surface area contributed by atoms with Crippen LogP contribution in [0.3, 0.4) is 0 Å². The number of aromatic nitrogens is 2. The molecule has 0 unspecified atom stereocenters. The molecule has 1 aromatic heterocycles. The van der Waals surface area contributed by atoms with E-state index >= 15 is 0 Å². The molecule has 3 aromatic rings. The third kappa shape index (κ3) is 3.08. The zero-order valence-electron chi connectivity index (χ0n) is 13.1. The highest BCUT2D eigenvalue weighted by Gasteiger charge is 2.13. The van der Waals surface area contributed by atoms with E-state index < -0.39 is 0 Å². The van der Waals surface area contributed by atoms with Gasteiger partial charge in [0.05, 0.1) is 11.0 Å². The fraction of sp³-hybridized carbons (Fsp3) is 0.222. The van der Waals surface area contributed by atoms with E-state index in [0.717, 1.165) is 28.8 Å². The van der Waals surface area contributed by atoms with E-state index in [-0.39, 0.29) is 18.3 Å². The van der Waals surface area contributed by atoms with Gasteiger partial charge < -0.3 is 9.88 Å². The number of halogens is 1. The van der Waals surface area contributed by atoms with Crippen LogP contribution in [-0.2, 0) is 17.8 Å². The summed E-state index contributed by atoms with van der Waals surface area (Å²) in [5, 5.41) is 2.78. The number of anilines is 1. The summed E-state index contributed by atoms with van der Waals surface area (Å²) in [6.45, 7) is 3.99. The van der Waals surface area contributed by atoms with Crippen LogP contribution in [0.2, 0.25) is 0 Å². The van der Waals surface area contributed by atoms with E-state index in [1.165, 1.54) is 12.1 Å². The summed E-state index contributed by atoms with van der Waals surface area (Å²) in [5.74, 6) is 0.294. The van der Waals surface area contributed by atoms with Crippen molar-refractivity contribution in [3.63, 3.8) is 0 Å². The highest BCUT2D eigenvalue weighted by Crippen LogP contribution is 2.18. The number of amides is 1. The molecule has 5 heteroatoms. The Morgan fingerprint density at radius 1 is 1.26 bits per heavy atom. The van der Waals surface area contributed by atoms with Crippen molar-refractivity contribution < 1.29 is 9.18 Å². The summed E-state index contributed by atoms with van der Waals surface area (Å²) in [6, 6.07) is 12.1. The highest BCUT2D eigenvalue weighted by atomic mass is 19.1. The van der Waals surface area contributed by atoms with E-state index in [2.05, 4.69) is 10.3 Å². The molecule has 1 N–H and O–H groups in total. The van der Waals surface area contributed by atoms with Gasteiger partial charge in [0.25, 0.3) is 0 Å². The second-order valence-corrected chi connectivity index (χ2v) is 5.46. The highest BCUT2D eigenvalue weighted by molar-refractivity contribution is 5.92. The van der Waals surface area contributed by atoms with Gasteiger partial charge in [-0.2, -0.15) is 0 Å². The fourth-order valence-corrected chi connectivity index (χ4v) is 2.63. The van der Waals surface area contributed by atoms with Crippen molar-refractivity contribution in [1.82, 2.24) is 9.55 Å². The van der Waals surface area contributed by atoms with E-state index in [9.17, 15) is 9.18 Å². The number of carbonyl (C=O) groups excluding carboxylic acids is 1. The topological polar surface area (TPSA) is 46.9 Å². The van der Waals surface area contributed by atoms with Gasteiger partial charge in [-0.3, -0.25) is 4.79 Å². The lowest BCUT2D eigenvalue weighted by molar-refractivity contribution is -0.116. The smallest absolute Gasteiger partial charge is 0.244 e. The van der Waals surface area contributed by atoms with Crippen LogP contribution in [-0.4, -0.2) is 15.5 Å². The second-order valence-electron chi connectivity index (χ2n) is 5.46. The first kappa shape index (κ1) is 15.2. The normalized spacial score (nSPS) is 10.9. The quantitative estimate of drug-likeness (QED) is 0.799. The Morgan fingerprint density at radius 2 is 2.04 bits per heavy atom. The van der Waals surface area contributed by atoms with Crippen molar-refractivity contribution in [2.24, 2.45) is 0 Å². The molecule has 0 radical (unpaired) electrons. The molecule has 1 heterocycles. The van der Waals surface area contributed by atoms with E-state index in [1.54, 1.807) is 6.07 Å². The van der Waals surface area contributed by atoms with Gasteiger partial charge in [0, 0.05) is 12.1 Å². The maximum absolute atomic E-state index is 13.3. The largest absolute Gasteiger partial charge is 0.324 e. The first-order valence-electron chi connectivity index (χ1n) is 7.58. The van der Waals surface area contributed by atoms with Crippen molar-refractivity contribution >= 4 is 22.6 Å². The lowest BCUT2D eigenvalue weighted by Crippen LogP contribution is -2.20. The Kier molecular flexibility index (Phi) is 4.10. The molecule has 0 aliphatic carbocycles. The lowest BCUT2D eigenvalue weighted by atomic mass is 10.2. The zero-order chi connectivity index (χ0) is 16.4.